The Morgan fingerprint density at radius 1 is 1.46 bits per heavy atom. The Balaban J connectivity index is 1.63. The summed E-state index contributed by atoms with van der Waals surface area (Å²) in [5, 5.41) is 4.26. The maximum atomic E-state index is 12.3. The van der Waals surface area contributed by atoms with Crippen LogP contribution in [0.25, 0.3) is 6.08 Å². The second-order valence-corrected chi connectivity index (χ2v) is 6.10. The van der Waals surface area contributed by atoms with E-state index in [0.717, 1.165) is 5.56 Å². The number of hydrogen-bond acceptors (Lipinski definition) is 7. The molecule has 1 aliphatic rings. The van der Waals surface area contributed by atoms with Crippen LogP contribution >= 0.6 is 11.6 Å². The third-order valence-electron chi connectivity index (χ3n) is 3.82. The minimum atomic E-state index is -0.274. The second-order valence-electron chi connectivity index (χ2n) is 5.69. The number of carbonyl (C=O) groups is 1. The highest BCUT2D eigenvalue weighted by Crippen LogP contribution is 2.40. The molecule has 0 N–H and O–H groups in total. The molecule has 2 aromatic rings. The standard InChI is InChI=1S/C17H18ClN3O5/c1-10(23-3)17-19-14(26-20-17)8-21(2)15(22)5-4-11-6-12(18)16-13(7-11)24-9-25-16/h4-7,10H,8-9H2,1-3H3/b5-4+. The van der Waals surface area contributed by atoms with Crippen LogP contribution in [0.3, 0.4) is 0 Å². The maximum Gasteiger partial charge on any atom is 0.246 e. The third-order valence-corrected chi connectivity index (χ3v) is 4.10. The molecular weight excluding hydrogens is 362 g/mol. The number of likely N-dealkylation sites (N-methyl/N-ethyl adjacent to an activating group) is 1. The highest BCUT2D eigenvalue weighted by Gasteiger charge is 2.18. The summed E-state index contributed by atoms with van der Waals surface area (Å²) in [7, 11) is 3.20. The van der Waals surface area contributed by atoms with Crippen LogP contribution in [0.5, 0.6) is 11.5 Å². The Labute approximate surface area is 155 Å². The van der Waals surface area contributed by atoms with Crippen LogP contribution in [0.2, 0.25) is 5.02 Å². The number of ether oxygens (including phenoxy) is 3. The molecular formula is C17H18ClN3O5. The molecule has 0 spiro atoms. The van der Waals surface area contributed by atoms with Gasteiger partial charge in [0.05, 0.1) is 11.6 Å². The van der Waals surface area contributed by atoms with Crippen LogP contribution in [-0.4, -0.2) is 41.9 Å². The van der Waals surface area contributed by atoms with E-state index >= 15 is 0 Å². The summed E-state index contributed by atoms with van der Waals surface area (Å²) < 4.78 is 20.8. The fourth-order valence-electron chi connectivity index (χ4n) is 2.26. The third kappa shape index (κ3) is 3.97. The van der Waals surface area contributed by atoms with Crippen LogP contribution in [-0.2, 0) is 16.1 Å². The second kappa shape index (κ2) is 7.76. The van der Waals surface area contributed by atoms with Crippen molar-refractivity contribution in [2.45, 2.75) is 19.6 Å². The SMILES string of the molecule is COC(C)c1noc(CN(C)C(=O)/C=C/c2cc(Cl)c3c(c2)OCO3)n1. The van der Waals surface area contributed by atoms with Crippen molar-refractivity contribution < 1.29 is 23.5 Å². The van der Waals surface area contributed by atoms with Crippen LogP contribution < -0.4 is 9.47 Å². The molecule has 0 radical (unpaired) electrons. The van der Waals surface area contributed by atoms with Crippen molar-refractivity contribution in [2.75, 3.05) is 21.0 Å². The van der Waals surface area contributed by atoms with Crippen molar-refractivity contribution in [1.82, 2.24) is 15.0 Å². The molecule has 1 aromatic carbocycles. The molecule has 1 amide bonds. The number of nitrogens with zero attached hydrogens (tertiary/aromatic N) is 3. The molecule has 0 saturated heterocycles. The average Bonchev–Trinajstić information content (AvgIpc) is 3.28. The van der Waals surface area contributed by atoms with Gasteiger partial charge in [-0.05, 0) is 30.7 Å². The quantitative estimate of drug-likeness (QED) is 0.713. The van der Waals surface area contributed by atoms with Gasteiger partial charge in [0.25, 0.3) is 0 Å². The molecule has 9 heteroatoms. The summed E-state index contributed by atoms with van der Waals surface area (Å²) in [6.07, 6.45) is 2.81. The Morgan fingerprint density at radius 2 is 2.27 bits per heavy atom. The molecule has 26 heavy (non-hydrogen) atoms. The lowest BCUT2D eigenvalue weighted by atomic mass is 10.2. The van der Waals surface area contributed by atoms with Gasteiger partial charge in [-0.3, -0.25) is 4.79 Å². The molecule has 2 heterocycles. The largest absolute Gasteiger partial charge is 0.454 e. The molecule has 1 unspecified atom stereocenters. The van der Waals surface area contributed by atoms with Crippen molar-refractivity contribution in [2.24, 2.45) is 0 Å². The molecule has 0 aliphatic carbocycles. The summed E-state index contributed by atoms with van der Waals surface area (Å²) in [5.41, 5.74) is 0.731. The minimum absolute atomic E-state index is 0.137. The van der Waals surface area contributed by atoms with Crippen molar-refractivity contribution in [3.05, 3.63) is 40.5 Å². The molecule has 0 saturated carbocycles. The van der Waals surface area contributed by atoms with Crippen LogP contribution in [0.15, 0.2) is 22.7 Å². The topological polar surface area (TPSA) is 86.9 Å². The van der Waals surface area contributed by atoms with Gasteiger partial charge in [0.1, 0.15) is 6.10 Å². The normalized spacial score (nSPS) is 14.0. The summed E-state index contributed by atoms with van der Waals surface area (Å²) >= 11 is 6.13. The molecule has 1 aromatic heterocycles. The zero-order valence-electron chi connectivity index (χ0n) is 14.6. The van der Waals surface area contributed by atoms with Crippen LogP contribution in [0.1, 0.15) is 30.3 Å². The number of benzene rings is 1. The predicted octanol–water partition coefficient (Wildman–Crippen LogP) is 2.83. The van der Waals surface area contributed by atoms with Gasteiger partial charge in [-0.25, -0.2) is 0 Å². The Bertz CT molecular complexity index is 836. The van der Waals surface area contributed by atoms with Gasteiger partial charge >= 0.3 is 0 Å². The lowest BCUT2D eigenvalue weighted by Crippen LogP contribution is -2.24. The van der Waals surface area contributed by atoms with Crippen LogP contribution in [0, 0.1) is 0 Å². The monoisotopic (exact) mass is 379 g/mol. The van der Waals surface area contributed by atoms with Gasteiger partial charge in [-0.2, -0.15) is 4.98 Å². The summed E-state index contributed by atoms with van der Waals surface area (Å²) in [4.78, 5) is 17.9. The number of carbonyl (C=O) groups excluding carboxylic acids is 1. The smallest absolute Gasteiger partial charge is 0.246 e. The first-order valence-electron chi connectivity index (χ1n) is 7.85. The number of methoxy groups -OCH3 is 1. The lowest BCUT2D eigenvalue weighted by molar-refractivity contribution is -0.125. The zero-order valence-corrected chi connectivity index (χ0v) is 15.3. The van der Waals surface area contributed by atoms with Gasteiger partial charge in [0.15, 0.2) is 17.3 Å². The Kier molecular flexibility index (Phi) is 5.43. The highest BCUT2D eigenvalue weighted by molar-refractivity contribution is 6.32. The van der Waals surface area contributed by atoms with E-state index < -0.39 is 0 Å². The minimum Gasteiger partial charge on any atom is -0.454 e. The zero-order chi connectivity index (χ0) is 18.7. The predicted molar refractivity (Wildman–Crippen MR) is 92.8 cm³/mol. The van der Waals surface area contributed by atoms with Gasteiger partial charge in [-0.1, -0.05) is 16.8 Å². The number of aromatic nitrogens is 2. The molecule has 138 valence electrons. The van der Waals surface area contributed by atoms with E-state index in [4.69, 9.17) is 30.3 Å². The van der Waals surface area contributed by atoms with E-state index in [2.05, 4.69) is 10.1 Å². The van der Waals surface area contributed by atoms with Gasteiger partial charge in [-0.15, -0.1) is 0 Å². The number of rotatable bonds is 6. The fraction of sp³-hybridized carbons (Fsp3) is 0.353. The summed E-state index contributed by atoms with van der Waals surface area (Å²) in [6.45, 7) is 2.13. The van der Waals surface area contributed by atoms with E-state index in [1.807, 2.05) is 6.92 Å². The Morgan fingerprint density at radius 3 is 3.04 bits per heavy atom. The van der Waals surface area contributed by atoms with Gasteiger partial charge in [0, 0.05) is 20.2 Å². The average molecular weight is 380 g/mol. The summed E-state index contributed by atoms with van der Waals surface area (Å²) in [5.74, 6) is 1.62. The first-order chi connectivity index (χ1) is 12.5. The maximum absolute atomic E-state index is 12.3. The number of hydrogen-bond donors (Lipinski definition) is 0. The van der Waals surface area contributed by atoms with Crippen molar-refractivity contribution in [3.8, 4) is 11.5 Å². The highest BCUT2D eigenvalue weighted by atomic mass is 35.5. The van der Waals surface area contributed by atoms with E-state index in [-0.39, 0.29) is 25.3 Å². The fourth-order valence-corrected chi connectivity index (χ4v) is 2.54. The van der Waals surface area contributed by atoms with E-state index in [9.17, 15) is 4.79 Å². The molecule has 8 nitrogen and oxygen atoms in total. The van der Waals surface area contributed by atoms with Gasteiger partial charge in [0.2, 0.25) is 18.6 Å². The van der Waals surface area contributed by atoms with E-state index in [1.54, 1.807) is 32.4 Å². The van der Waals surface area contributed by atoms with Gasteiger partial charge < -0.3 is 23.6 Å². The first kappa shape index (κ1) is 18.2. The molecule has 3 rings (SSSR count). The first-order valence-corrected chi connectivity index (χ1v) is 8.23. The summed E-state index contributed by atoms with van der Waals surface area (Å²) in [6, 6.07) is 3.46. The molecule has 0 bridgehead atoms. The van der Waals surface area contributed by atoms with Crippen molar-refractivity contribution in [1.29, 1.82) is 0 Å². The van der Waals surface area contributed by atoms with E-state index in [1.165, 1.54) is 11.0 Å². The van der Waals surface area contributed by atoms with Crippen LogP contribution in [0.4, 0.5) is 0 Å². The van der Waals surface area contributed by atoms with Crippen molar-refractivity contribution >= 4 is 23.6 Å². The number of amides is 1. The molecule has 1 atom stereocenters. The number of halogens is 1. The number of fused-ring (bicyclic) bond motifs is 1. The van der Waals surface area contributed by atoms with E-state index in [0.29, 0.717) is 28.2 Å². The lowest BCUT2D eigenvalue weighted by Gasteiger charge is -2.11. The van der Waals surface area contributed by atoms with Crippen molar-refractivity contribution in [3.63, 3.8) is 0 Å². The molecule has 1 aliphatic heterocycles. The Hall–Kier alpha value is -2.58. The molecule has 0 fully saturated rings.